The number of ether oxygens (including phenoxy) is 1. The summed E-state index contributed by atoms with van der Waals surface area (Å²) in [5.74, 6) is 0.991. The van der Waals surface area contributed by atoms with Gasteiger partial charge in [0.15, 0.2) is 5.96 Å². The summed E-state index contributed by atoms with van der Waals surface area (Å²) >= 11 is 0. The van der Waals surface area contributed by atoms with Gasteiger partial charge in [-0.2, -0.15) is 0 Å². The molecule has 0 bridgehead atoms. The third-order valence-corrected chi connectivity index (χ3v) is 3.35. The maximum atomic E-state index is 13.5. The van der Waals surface area contributed by atoms with Gasteiger partial charge in [-0.15, -0.1) is 24.0 Å². The minimum atomic E-state index is -0.201. The number of nitrogens with zero attached hydrogens (tertiary/aromatic N) is 2. The average Bonchev–Trinajstić information content (AvgIpc) is 2.58. The van der Waals surface area contributed by atoms with E-state index in [1.807, 2.05) is 18.2 Å². The highest BCUT2D eigenvalue weighted by Crippen LogP contribution is 2.09. The van der Waals surface area contributed by atoms with Crippen LogP contribution in [0.5, 0.6) is 5.88 Å². The predicted octanol–water partition coefficient (Wildman–Crippen LogP) is 3.02. The molecule has 0 aliphatic carbocycles. The van der Waals surface area contributed by atoms with Crippen LogP contribution in [0, 0.1) is 12.7 Å². The van der Waals surface area contributed by atoms with Crippen molar-refractivity contribution in [2.24, 2.45) is 4.99 Å². The third-order valence-electron chi connectivity index (χ3n) is 3.35. The van der Waals surface area contributed by atoms with Crippen molar-refractivity contribution in [3.8, 4) is 5.88 Å². The van der Waals surface area contributed by atoms with E-state index < -0.39 is 0 Å². The van der Waals surface area contributed by atoms with Crippen LogP contribution >= 0.6 is 24.0 Å². The molecule has 0 aliphatic rings. The summed E-state index contributed by atoms with van der Waals surface area (Å²) in [4.78, 5) is 8.46. The van der Waals surface area contributed by atoms with Crippen LogP contribution in [0.4, 0.5) is 4.39 Å². The summed E-state index contributed by atoms with van der Waals surface area (Å²) in [6, 6.07) is 10.8. The first-order chi connectivity index (χ1) is 11.1. The van der Waals surface area contributed by atoms with Crippen LogP contribution in [0.2, 0.25) is 0 Å². The van der Waals surface area contributed by atoms with Crippen molar-refractivity contribution < 1.29 is 9.13 Å². The molecule has 0 radical (unpaired) electrons. The Labute approximate surface area is 158 Å². The molecule has 1 heterocycles. The molecule has 0 saturated carbocycles. The number of benzene rings is 1. The molecule has 130 valence electrons. The first-order valence-corrected chi connectivity index (χ1v) is 7.32. The Kier molecular flexibility index (Phi) is 8.45. The van der Waals surface area contributed by atoms with E-state index in [2.05, 4.69) is 20.6 Å². The Morgan fingerprint density at radius 3 is 2.62 bits per heavy atom. The van der Waals surface area contributed by atoms with E-state index in [0.717, 1.165) is 11.3 Å². The monoisotopic (exact) mass is 444 g/mol. The number of methoxy groups -OCH3 is 1. The van der Waals surface area contributed by atoms with Gasteiger partial charge in [0, 0.05) is 19.7 Å². The van der Waals surface area contributed by atoms with Crippen LogP contribution in [0.1, 0.15) is 16.8 Å². The molecular formula is C17H22FIN4O. The SMILES string of the molecule is CN=C(NCc1ccc(C)c(F)c1)NCc1cccc(OC)n1.I. The molecule has 2 aromatic rings. The normalized spacial score (nSPS) is 10.8. The molecule has 24 heavy (non-hydrogen) atoms. The van der Waals surface area contributed by atoms with Gasteiger partial charge in [0.05, 0.1) is 19.3 Å². The Morgan fingerprint density at radius 2 is 1.96 bits per heavy atom. The van der Waals surface area contributed by atoms with Gasteiger partial charge < -0.3 is 15.4 Å². The lowest BCUT2D eigenvalue weighted by Crippen LogP contribution is -2.36. The lowest BCUT2D eigenvalue weighted by molar-refractivity contribution is 0.396. The van der Waals surface area contributed by atoms with Gasteiger partial charge in [-0.05, 0) is 30.2 Å². The molecule has 7 heteroatoms. The number of aromatic nitrogens is 1. The number of guanidine groups is 1. The van der Waals surface area contributed by atoms with Crippen LogP contribution in [-0.4, -0.2) is 25.1 Å². The summed E-state index contributed by atoms with van der Waals surface area (Å²) in [5.41, 5.74) is 2.34. The smallest absolute Gasteiger partial charge is 0.213 e. The van der Waals surface area contributed by atoms with Crippen LogP contribution in [0.3, 0.4) is 0 Å². The zero-order chi connectivity index (χ0) is 16.7. The second-order valence-electron chi connectivity index (χ2n) is 5.03. The molecule has 0 spiro atoms. The topological polar surface area (TPSA) is 58.5 Å². The zero-order valence-corrected chi connectivity index (χ0v) is 16.3. The van der Waals surface area contributed by atoms with Crippen molar-refractivity contribution in [1.82, 2.24) is 15.6 Å². The lowest BCUT2D eigenvalue weighted by atomic mass is 10.1. The minimum Gasteiger partial charge on any atom is -0.481 e. The van der Waals surface area contributed by atoms with Gasteiger partial charge in [0.1, 0.15) is 5.82 Å². The lowest BCUT2D eigenvalue weighted by Gasteiger charge is -2.12. The Morgan fingerprint density at radius 1 is 1.21 bits per heavy atom. The molecule has 1 aromatic heterocycles. The largest absolute Gasteiger partial charge is 0.481 e. The van der Waals surface area contributed by atoms with E-state index in [4.69, 9.17) is 4.74 Å². The highest BCUT2D eigenvalue weighted by molar-refractivity contribution is 14.0. The first kappa shape index (κ1) is 20.1. The standard InChI is InChI=1S/C17H21FN4O.HI/c1-12-7-8-13(9-15(12)18)10-20-17(19-2)21-11-14-5-4-6-16(22-14)23-3;/h4-9H,10-11H2,1-3H3,(H2,19,20,21);1H. The Bertz CT molecular complexity index is 694. The van der Waals surface area contributed by atoms with Gasteiger partial charge in [-0.1, -0.05) is 18.2 Å². The summed E-state index contributed by atoms with van der Waals surface area (Å²) in [6.07, 6.45) is 0. The molecule has 5 nitrogen and oxygen atoms in total. The van der Waals surface area contributed by atoms with Crippen LogP contribution in [0.25, 0.3) is 0 Å². The number of rotatable bonds is 5. The van der Waals surface area contributed by atoms with E-state index in [9.17, 15) is 4.39 Å². The summed E-state index contributed by atoms with van der Waals surface area (Å²) in [7, 11) is 3.27. The Hall–Kier alpha value is -1.90. The quantitative estimate of drug-likeness (QED) is 0.423. The molecule has 2 N–H and O–H groups in total. The van der Waals surface area contributed by atoms with Gasteiger partial charge in [0.25, 0.3) is 0 Å². The van der Waals surface area contributed by atoms with Crippen molar-refractivity contribution >= 4 is 29.9 Å². The zero-order valence-electron chi connectivity index (χ0n) is 14.0. The van der Waals surface area contributed by atoms with Crippen LogP contribution in [-0.2, 0) is 13.1 Å². The first-order valence-electron chi connectivity index (χ1n) is 7.32. The molecule has 0 saturated heterocycles. The maximum absolute atomic E-state index is 13.5. The second-order valence-corrected chi connectivity index (χ2v) is 5.03. The van der Waals surface area contributed by atoms with E-state index in [1.54, 1.807) is 33.2 Å². The predicted molar refractivity (Wildman–Crippen MR) is 104 cm³/mol. The molecular weight excluding hydrogens is 422 g/mol. The van der Waals surface area contributed by atoms with Crippen molar-refractivity contribution in [2.45, 2.75) is 20.0 Å². The molecule has 0 unspecified atom stereocenters. The van der Waals surface area contributed by atoms with Crippen LogP contribution < -0.4 is 15.4 Å². The fourth-order valence-corrected chi connectivity index (χ4v) is 2.00. The van der Waals surface area contributed by atoms with Gasteiger partial charge in [-0.25, -0.2) is 9.37 Å². The van der Waals surface area contributed by atoms with Crippen molar-refractivity contribution in [3.63, 3.8) is 0 Å². The molecule has 1 aromatic carbocycles. The van der Waals surface area contributed by atoms with E-state index in [-0.39, 0.29) is 29.8 Å². The fraction of sp³-hybridized carbons (Fsp3) is 0.294. The molecule has 0 aliphatic heterocycles. The van der Waals surface area contributed by atoms with Gasteiger partial charge >= 0.3 is 0 Å². The van der Waals surface area contributed by atoms with Crippen molar-refractivity contribution in [2.75, 3.05) is 14.2 Å². The van der Waals surface area contributed by atoms with E-state index in [0.29, 0.717) is 30.5 Å². The number of halogens is 2. The van der Waals surface area contributed by atoms with Crippen molar-refractivity contribution in [3.05, 3.63) is 59.0 Å². The van der Waals surface area contributed by atoms with Gasteiger partial charge in [0.2, 0.25) is 5.88 Å². The summed E-state index contributed by atoms with van der Waals surface area (Å²) in [5, 5.41) is 6.30. The molecule has 0 fully saturated rings. The number of nitrogens with one attached hydrogen (secondary N) is 2. The van der Waals surface area contributed by atoms with Gasteiger partial charge in [-0.3, -0.25) is 4.99 Å². The highest BCUT2D eigenvalue weighted by Gasteiger charge is 2.03. The fourth-order valence-electron chi connectivity index (χ4n) is 2.00. The average molecular weight is 444 g/mol. The van der Waals surface area contributed by atoms with Crippen LogP contribution in [0.15, 0.2) is 41.4 Å². The minimum absolute atomic E-state index is 0. The second kappa shape index (κ2) is 10.1. The molecule has 2 rings (SSSR count). The molecule has 0 atom stereocenters. The number of hydrogen-bond acceptors (Lipinski definition) is 3. The number of pyridine rings is 1. The molecule has 0 amide bonds. The number of aliphatic imine (C=N–C) groups is 1. The summed E-state index contributed by atoms with van der Waals surface area (Å²) < 4.78 is 18.6. The van der Waals surface area contributed by atoms with Crippen molar-refractivity contribution in [1.29, 1.82) is 0 Å². The van der Waals surface area contributed by atoms with E-state index >= 15 is 0 Å². The number of hydrogen-bond donors (Lipinski definition) is 2. The summed E-state index contributed by atoms with van der Waals surface area (Å²) in [6.45, 7) is 2.75. The van der Waals surface area contributed by atoms with E-state index in [1.165, 1.54) is 6.07 Å². The Balaban J connectivity index is 0.00000288. The number of aryl methyl sites for hydroxylation is 1. The third kappa shape index (κ3) is 5.95. The highest BCUT2D eigenvalue weighted by atomic mass is 127. The maximum Gasteiger partial charge on any atom is 0.213 e.